The summed E-state index contributed by atoms with van der Waals surface area (Å²) in [5.74, 6) is 1.60. The van der Waals surface area contributed by atoms with Gasteiger partial charge in [-0.15, -0.1) is 0 Å². The highest BCUT2D eigenvalue weighted by Crippen LogP contribution is 2.26. The molecule has 2 saturated heterocycles. The summed E-state index contributed by atoms with van der Waals surface area (Å²) in [7, 11) is 0. The van der Waals surface area contributed by atoms with E-state index in [9.17, 15) is 4.79 Å². The summed E-state index contributed by atoms with van der Waals surface area (Å²) in [6, 6.07) is 16.8. The number of benzene rings is 2. The highest BCUT2D eigenvalue weighted by molar-refractivity contribution is 9.10. The van der Waals surface area contributed by atoms with Crippen LogP contribution in [0.15, 0.2) is 53.0 Å². The van der Waals surface area contributed by atoms with E-state index in [1.54, 1.807) is 0 Å². The van der Waals surface area contributed by atoms with E-state index in [-0.39, 0.29) is 5.92 Å². The van der Waals surface area contributed by atoms with Crippen LogP contribution in [-0.2, 0) is 11.3 Å². The zero-order chi connectivity index (χ0) is 24.2. The maximum absolute atomic E-state index is 13.2. The molecule has 3 aromatic rings. The van der Waals surface area contributed by atoms with Crippen molar-refractivity contribution < 1.29 is 4.79 Å². The molecular formula is C28H36BrN5O. The number of unbranched alkanes of at least 4 members (excludes halogenated alkanes) is 1. The van der Waals surface area contributed by atoms with Crippen molar-refractivity contribution >= 4 is 32.9 Å². The largest absolute Gasteiger partial charge is 0.340 e. The summed E-state index contributed by atoms with van der Waals surface area (Å²) in [6.07, 6.45) is 4.36. The first-order chi connectivity index (χ1) is 17.1. The fourth-order valence-electron chi connectivity index (χ4n) is 5.43. The maximum atomic E-state index is 13.2. The SMILES string of the molecule is CCCCN1CCN(C(=O)C2CCN(Cc3nc4ccccc4n3-c3ccc(Br)cc3)CC2)CC1. The minimum absolute atomic E-state index is 0.165. The predicted octanol–water partition coefficient (Wildman–Crippen LogP) is 4.94. The molecular weight excluding hydrogens is 502 g/mol. The number of piperidine rings is 1. The van der Waals surface area contributed by atoms with E-state index in [1.165, 1.54) is 19.4 Å². The molecule has 0 bridgehead atoms. The Balaban J connectivity index is 1.21. The van der Waals surface area contributed by atoms with Gasteiger partial charge in [0.05, 0.1) is 17.6 Å². The second-order valence-electron chi connectivity index (χ2n) is 9.90. The Bertz CT molecular complexity index is 1130. The third-order valence-corrected chi connectivity index (χ3v) is 8.06. The lowest BCUT2D eigenvalue weighted by Gasteiger charge is -2.38. The second-order valence-corrected chi connectivity index (χ2v) is 10.8. The maximum Gasteiger partial charge on any atom is 0.225 e. The van der Waals surface area contributed by atoms with E-state index < -0.39 is 0 Å². The molecule has 0 spiro atoms. The van der Waals surface area contributed by atoms with Gasteiger partial charge in [0.1, 0.15) is 5.82 Å². The monoisotopic (exact) mass is 537 g/mol. The Morgan fingerprint density at radius 1 is 0.943 bits per heavy atom. The van der Waals surface area contributed by atoms with Gasteiger partial charge in [-0.25, -0.2) is 4.98 Å². The number of imidazole rings is 1. The quantitative estimate of drug-likeness (QED) is 0.428. The van der Waals surface area contributed by atoms with Gasteiger partial charge in [-0.3, -0.25) is 19.2 Å². The predicted molar refractivity (Wildman–Crippen MR) is 145 cm³/mol. The van der Waals surface area contributed by atoms with E-state index in [0.29, 0.717) is 5.91 Å². The number of carbonyl (C=O) groups excluding carboxylic acids is 1. The number of amides is 1. The molecule has 7 heteroatoms. The number of hydrogen-bond donors (Lipinski definition) is 0. The minimum atomic E-state index is 0.165. The van der Waals surface area contributed by atoms with Crippen molar-refractivity contribution in [1.29, 1.82) is 0 Å². The van der Waals surface area contributed by atoms with Gasteiger partial charge < -0.3 is 4.90 Å². The Labute approximate surface area is 217 Å². The molecule has 2 fully saturated rings. The first kappa shape index (κ1) is 24.5. The zero-order valence-electron chi connectivity index (χ0n) is 20.7. The van der Waals surface area contributed by atoms with Crippen LogP contribution < -0.4 is 0 Å². The molecule has 2 aromatic carbocycles. The third-order valence-electron chi connectivity index (χ3n) is 7.53. The van der Waals surface area contributed by atoms with E-state index in [2.05, 4.69) is 84.6 Å². The fraction of sp³-hybridized carbons (Fsp3) is 0.500. The number of likely N-dealkylation sites (tertiary alicyclic amines) is 1. The standard InChI is InChI=1S/C28H36BrN5O/c1-2-3-14-31-17-19-33(20-18-31)28(35)22-12-15-32(16-13-22)21-27-30-25-6-4-5-7-26(25)34(27)24-10-8-23(29)9-11-24/h4-11,22H,2-3,12-21H2,1H3. The van der Waals surface area contributed by atoms with Crippen molar-refractivity contribution in [2.45, 2.75) is 39.2 Å². The normalized spacial score (nSPS) is 18.4. The summed E-state index contributed by atoms with van der Waals surface area (Å²) < 4.78 is 3.35. The van der Waals surface area contributed by atoms with Crippen molar-refractivity contribution in [3.8, 4) is 5.69 Å². The molecule has 0 atom stereocenters. The van der Waals surface area contributed by atoms with Crippen LogP contribution >= 0.6 is 15.9 Å². The Morgan fingerprint density at radius 2 is 1.66 bits per heavy atom. The summed E-state index contributed by atoms with van der Waals surface area (Å²) in [6.45, 7) is 9.91. The fourth-order valence-corrected chi connectivity index (χ4v) is 5.69. The second kappa shape index (κ2) is 11.2. The molecule has 0 aliphatic carbocycles. The van der Waals surface area contributed by atoms with Crippen LogP contribution in [0, 0.1) is 5.92 Å². The first-order valence-corrected chi connectivity index (χ1v) is 13.9. The number of carbonyl (C=O) groups is 1. The van der Waals surface area contributed by atoms with Gasteiger partial charge >= 0.3 is 0 Å². The average Bonchev–Trinajstić information content (AvgIpc) is 3.26. The molecule has 6 nitrogen and oxygen atoms in total. The van der Waals surface area contributed by atoms with Gasteiger partial charge in [0, 0.05) is 42.3 Å². The Morgan fingerprint density at radius 3 is 2.37 bits per heavy atom. The molecule has 35 heavy (non-hydrogen) atoms. The number of piperazine rings is 1. The molecule has 186 valence electrons. The summed E-state index contributed by atoms with van der Waals surface area (Å²) in [4.78, 5) is 25.3. The van der Waals surface area contributed by atoms with Crippen LogP contribution in [0.4, 0.5) is 0 Å². The number of aromatic nitrogens is 2. The van der Waals surface area contributed by atoms with E-state index in [1.807, 2.05) is 6.07 Å². The summed E-state index contributed by atoms with van der Waals surface area (Å²) >= 11 is 3.55. The zero-order valence-corrected chi connectivity index (χ0v) is 22.3. The molecule has 0 saturated carbocycles. The molecule has 2 aliphatic heterocycles. The van der Waals surface area contributed by atoms with Crippen LogP contribution in [0.5, 0.6) is 0 Å². The van der Waals surface area contributed by atoms with Crippen molar-refractivity contribution in [2.24, 2.45) is 5.92 Å². The topological polar surface area (TPSA) is 44.6 Å². The Hall–Kier alpha value is -2.22. The number of fused-ring (bicyclic) bond motifs is 1. The molecule has 2 aliphatic rings. The lowest BCUT2D eigenvalue weighted by molar-refractivity contribution is -0.138. The lowest BCUT2D eigenvalue weighted by Crippen LogP contribution is -2.51. The molecule has 5 rings (SSSR count). The minimum Gasteiger partial charge on any atom is -0.340 e. The highest BCUT2D eigenvalue weighted by Gasteiger charge is 2.31. The van der Waals surface area contributed by atoms with Gasteiger partial charge in [-0.2, -0.15) is 0 Å². The number of nitrogens with zero attached hydrogens (tertiary/aromatic N) is 5. The van der Waals surface area contributed by atoms with Crippen LogP contribution in [0.1, 0.15) is 38.4 Å². The molecule has 1 amide bonds. The van der Waals surface area contributed by atoms with E-state index in [0.717, 1.165) is 85.7 Å². The van der Waals surface area contributed by atoms with Crippen molar-refractivity contribution in [2.75, 3.05) is 45.8 Å². The van der Waals surface area contributed by atoms with E-state index in [4.69, 9.17) is 4.98 Å². The number of hydrogen-bond acceptors (Lipinski definition) is 4. The number of para-hydroxylation sites is 2. The third kappa shape index (κ3) is 5.63. The number of halogens is 1. The molecule has 3 heterocycles. The number of rotatable bonds is 7. The molecule has 1 aromatic heterocycles. The molecule has 0 N–H and O–H groups in total. The van der Waals surface area contributed by atoms with Crippen molar-refractivity contribution in [3.05, 3.63) is 58.8 Å². The smallest absolute Gasteiger partial charge is 0.225 e. The summed E-state index contributed by atoms with van der Waals surface area (Å²) in [5.41, 5.74) is 3.28. The lowest BCUT2D eigenvalue weighted by atomic mass is 9.95. The average molecular weight is 539 g/mol. The first-order valence-electron chi connectivity index (χ1n) is 13.1. The van der Waals surface area contributed by atoms with Gasteiger partial charge in [0.25, 0.3) is 0 Å². The molecule has 0 radical (unpaired) electrons. The van der Waals surface area contributed by atoms with Crippen molar-refractivity contribution in [1.82, 2.24) is 24.3 Å². The van der Waals surface area contributed by atoms with Crippen LogP contribution in [0.3, 0.4) is 0 Å². The van der Waals surface area contributed by atoms with Crippen LogP contribution in [0.2, 0.25) is 0 Å². The molecule has 0 unspecified atom stereocenters. The van der Waals surface area contributed by atoms with Crippen molar-refractivity contribution in [3.63, 3.8) is 0 Å². The van der Waals surface area contributed by atoms with Gasteiger partial charge in [0.15, 0.2) is 0 Å². The van der Waals surface area contributed by atoms with Crippen LogP contribution in [0.25, 0.3) is 16.7 Å². The van der Waals surface area contributed by atoms with Gasteiger partial charge in [-0.1, -0.05) is 41.4 Å². The van der Waals surface area contributed by atoms with E-state index >= 15 is 0 Å². The Kier molecular flexibility index (Phi) is 7.85. The highest BCUT2D eigenvalue weighted by atomic mass is 79.9. The van der Waals surface area contributed by atoms with Crippen LogP contribution in [-0.4, -0.2) is 76.0 Å². The van der Waals surface area contributed by atoms with Gasteiger partial charge in [0.2, 0.25) is 5.91 Å². The summed E-state index contributed by atoms with van der Waals surface area (Å²) in [5, 5.41) is 0. The van der Waals surface area contributed by atoms with Gasteiger partial charge in [-0.05, 0) is 75.3 Å².